The van der Waals surface area contributed by atoms with Gasteiger partial charge in [0.1, 0.15) is 35.4 Å². The van der Waals surface area contributed by atoms with Gasteiger partial charge in [0.2, 0.25) is 0 Å². The zero-order valence-electron chi connectivity index (χ0n) is 19.8. The van der Waals surface area contributed by atoms with Gasteiger partial charge in [-0.25, -0.2) is 8.78 Å². The Morgan fingerprint density at radius 3 is 2.36 bits per heavy atom. The summed E-state index contributed by atoms with van der Waals surface area (Å²) in [6, 6.07) is 21.4. The molecule has 4 aromatic rings. The van der Waals surface area contributed by atoms with Crippen LogP contribution >= 0.6 is 0 Å². The van der Waals surface area contributed by atoms with Crippen LogP contribution in [0.2, 0.25) is 0 Å². The molecule has 0 aliphatic heterocycles. The topological polar surface area (TPSA) is 59.9 Å². The van der Waals surface area contributed by atoms with Gasteiger partial charge in [-0.1, -0.05) is 30.8 Å². The number of benzene rings is 4. The molecule has 1 N–H and O–H groups in total. The minimum atomic E-state index is -0.744. The van der Waals surface area contributed by atoms with Gasteiger partial charge in [-0.15, -0.1) is 4.91 Å². The maximum atomic E-state index is 14.0. The Hall–Kier alpha value is -4.52. The van der Waals surface area contributed by atoms with Gasteiger partial charge in [0.25, 0.3) is 0 Å². The maximum absolute atomic E-state index is 14.0. The quantitative estimate of drug-likeness (QED) is 0.243. The molecule has 0 bridgehead atoms. The first-order valence-electron chi connectivity index (χ1n) is 11.1. The summed E-state index contributed by atoms with van der Waals surface area (Å²) in [7, 11) is 1.62. The standard InChI is InChI=1S/C29H24F2N2O3/c1-18-4-9-24(36-17-20-5-10-23(35-3)11-6-20)16-26(18)19(2)25-12-8-22(15-29(25)33-34)32-28-13-7-21(30)14-27(28)31/h4-16,32H,2,17H2,1,3H3. The second-order valence-electron chi connectivity index (χ2n) is 8.16. The third-order valence-corrected chi connectivity index (χ3v) is 5.73. The zero-order valence-corrected chi connectivity index (χ0v) is 19.8. The smallest absolute Gasteiger partial charge is 0.149 e. The summed E-state index contributed by atoms with van der Waals surface area (Å²) in [5, 5.41) is 5.99. The number of ether oxygens (including phenoxy) is 2. The lowest BCUT2D eigenvalue weighted by atomic mass is 9.94. The summed E-state index contributed by atoms with van der Waals surface area (Å²) >= 11 is 0. The van der Waals surface area contributed by atoms with Crippen LogP contribution < -0.4 is 14.8 Å². The molecule has 0 saturated carbocycles. The number of methoxy groups -OCH3 is 1. The fraction of sp³-hybridized carbons (Fsp3) is 0.103. The summed E-state index contributed by atoms with van der Waals surface area (Å²) in [6.45, 7) is 6.51. The molecule has 0 aliphatic carbocycles. The predicted octanol–water partition coefficient (Wildman–Crippen LogP) is 8.06. The van der Waals surface area contributed by atoms with Crippen LogP contribution in [0.4, 0.5) is 25.8 Å². The molecular weight excluding hydrogens is 462 g/mol. The van der Waals surface area contributed by atoms with Crippen LogP contribution in [-0.2, 0) is 6.61 Å². The molecule has 0 aliphatic rings. The van der Waals surface area contributed by atoms with Gasteiger partial charge >= 0.3 is 0 Å². The predicted molar refractivity (Wildman–Crippen MR) is 138 cm³/mol. The molecule has 0 unspecified atom stereocenters. The Morgan fingerprint density at radius 2 is 1.67 bits per heavy atom. The minimum Gasteiger partial charge on any atom is -0.497 e. The van der Waals surface area contributed by atoms with Crippen LogP contribution in [0.5, 0.6) is 11.5 Å². The number of nitroso groups, excluding NO2 is 1. The lowest BCUT2D eigenvalue weighted by Gasteiger charge is -2.15. The van der Waals surface area contributed by atoms with Gasteiger partial charge in [-0.3, -0.25) is 0 Å². The van der Waals surface area contributed by atoms with Crippen LogP contribution in [0.15, 0.2) is 90.6 Å². The summed E-state index contributed by atoms with van der Waals surface area (Å²) < 4.78 is 38.3. The van der Waals surface area contributed by atoms with Crippen LogP contribution in [0.25, 0.3) is 5.57 Å². The van der Waals surface area contributed by atoms with Gasteiger partial charge in [-0.2, -0.15) is 0 Å². The Labute approximate surface area is 208 Å². The zero-order chi connectivity index (χ0) is 25.7. The largest absolute Gasteiger partial charge is 0.497 e. The van der Waals surface area contributed by atoms with E-state index in [9.17, 15) is 13.7 Å². The first-order valence-corrected chi connectivity index (χ1v) is 11.1. The number of nitrogens with one attached hydrogen (secondary N) is 1. The summed E-state index contributed by atoms with van der Waals surface area (Å²) in [6.07, 6.45) is 0. The van der Waals surface area contributed by atoms with E-state index in [-0.39, 0.29) is 11.4 Å². The molecule has 0 spiro atoms. The van der Waals surface area contributed by atoms with E-state index >= 15 is 0 Å². The van der Waals surface area contributed by atoms with Gasteiger partial charge in [0.05, 0.1) is 12.8 Å². The third kappa shape index (κ3) is 5.58. The van der Waals surface area contributed by atoms with Gasteiger partial charge in [-0.05, 0) is 82.9 Å². The molecule has 0 amide bonds. The fourth-order valence-corrected chi connectivity index (χ4v) is 3.74. The molecule has 4 rings (SSSR count). The average molecular weight is 487 g/mol. The monoisotopic (exact) mass is 486 g/mol. The number of rotatable bonds is 9. The second kappa shape index (κ2) is 10.8. The number of aryl methyl sites for hydroxylation is 1. The Morgan fingerprint density at radius 1 is 0.917 bits per heavy atom. The van der Waals surface area contributed by atoms with E-state index in [1.807, 2.05) is 49.4 Å². The number of halogens is 2. The molecular formula is C29H24F2N2O3. The molecule has 0 heterocycles. The van der Waals surface area contributed by atoms with E-state index in [0.717, 1.165) is 34.6 Å². The molecule has 7 heteroatoms. The maximum Gasteiger partial charge on any atom is 0.149 e. The fourth-order valence-electron chi connectivity index (χ4n) is 3.74. The van der Waals surface area contributed by atoms with Crippen molar-refractivity contribution in [3.8, 4) is 11.5 Å². The van der Waals surface area contributed by atoms with Crippen molar-refractivity contribution in [2.75, 3.05) is 12.4 Å². The Balaban J connectivity index is 1.54. The average Bonchev–Trinajstić information content (AvgIpc) is 2.89. The highest BCUT2D eigenvalue weighted by Gasteiger charge is 2.14. The van der Waals surface area contributed by atoms with E-state index in [2.05, 4.69) is 17.1 Å². The van der Waals surface area contributed by atoms with Crippen molar-refractivity contribution in [3.05, 3.63) is 124 Å². The first kappa shape index (κ1) is 24.6. The summed E-state index contributed by atoms with van der Waals surface area (Å²) in [5.41, 5.74) is 4.52. The van der Waals surface area contributed by atoms with Crippen LogP contribution in [0.1, 0.15) is 22.3 Å². The first-order chi connectivity index (χ1) is 17.4. The highest BCUT2D eigenvalue weighted by Crippen LogP contribution is 2.36. The van der Waals surface area contributed by atoms with Gasteiger partial charge in [0, 0.05) is 17.3 Å². The normalized spacial score (nSPS) is 10.6. The van der Waals surface area contributed by atoms with Crippen LogP contribution in [-0.4, -0.2) is 7.11 Å². The summed E-state index contributed by atoms with van der Waals surface area (Å²) in [5.74, 6) is 0.00577. The Bertz CT molecular complexity index is 1420. The van der Waals surface area contributed by atoms with E-state index < -0.39 is 11.6 Å². The number of nitrogens with zero attached hydrogens (tertiary/aromatic N) is 1. The second-order valence-corrected chi connectivity index (χ2v) is 8.16. The van der Waals surface area contributed by atoms with Crippen molar-refractivity contribution in [2.24, 2.45) is 5.18 Å². The molecule has 182 valence electrons. The molecule has 36 heavy (non-hydrogen) atoms. The molecule has 0 atom stereocenters. The SMILES string of the molecule is C=C(c1cc(OCc2ccc(OC)cc2)ccc1C)c1ccc(Nc2ccc(F)cc2F)cc1N=O. The highest BCUT2D eigenvalue weighted by atomic mass is 19.1. The van der Waals surface area contributed by atoms with E-state index in [1.165, 1.54) is 12.1 Å². The van der Waals surface area contributed by atoms with Crippen LogP contribution in [0, 0.1) is 23.5 Å². The molecule has 0 saturated heterocycles. The van der Waals surface area contributed by atoms with E-state index in [1.54, 1.807) is 19.2 Å². The highest BCUT2D eigenvalue weighted by molar-refractivity contribution is 5.87. The van der Waals surface area contributed by atoms with Crippen LogP contribution in [0.3, 0.4) is 0 Å². The number of hydrogen-bond donors (Lipinski definition) is 1. The van der Waals surface area contributed by atoms with Crippen molar-refractivity contribution in [1.29, 1.82) is 0 Å². The van der Waals surface area contributed by atoms with Crippen molar-refractivity contribution in [2.45, 2.75) is 13.5 Å². The molecule has 5 nitrogen and oxygen atoms in total. The van der Waals surface area contributed by atoms with Crippen molar-refractivity contribution in [3.63, 3.8) is 0 Å². The molecule has 0 aromatic heterocycles. The van der Waals surface area contributed by atoms with E-state index in [0.29, 0.717) is 29.2 Å². The molecule has 0 fully saturated rings. The van der Waals surface area contributed by atoms with Crippen molar-refractivity contribution < 1.29 is 18.3 Å². The minimum absolute atomic E-state index is 0.0809. The molecule has 0 radical (unpaired) electrons. The van der Waals surface area contributed by atoms with Gasteiger partial charge in [0.15, 0.2) is 0 Å². The third-order valence-electron chi connectivity index (χ3n) is 5.73. The number of anilines is 2. The van der Waals surface area contributed by atoms with Crippen molar-refractivity contribution >= 4 is 22.6 Å². The Kier molecular flexibility index (Phi) is 7.39. The lowest BCUT2D eigenvalue weighted by Crippen LogP contribution is -1.98. The lowest BCUT2D eigenvalue weighted by molar-refractivity contribution is 0.306. The van der Waals surface area contributed by atoms with E-state index in [4.69, 9.17) is 9.47 Å². The molecule has 4 aromatic carbocycles. The van der Waals surface area contributed by atoms with Crippen molar-refractivity contribution in [1.82, 2.24) is 0 Å². The summed E-state index contributed by atoms with van der Waals surface area (Å²) in [4.78, 5) is 11.7. The number of hydrogen-bond acceptors (Lipinski definition) is 5. The van der Waals surface area contributed by atoms with Gasteiger partial charge < -0.3 is 14.8 Å².